The summed E-state index contributed by atoms with van der Waals surface area (Å²) in [5.41, 5.74) is 3.33. The third-order valence-corrected chi connectivity index (χ3v) is 5.70. The van der Waals surface area contributed by atoms with E-state index < -0.39 is 5.56 Å². The van der Waals surface area contributed by atoms with E-state index in [4.69, 9.17) is 11.6 Å². The third-order valence-electron chi connectivity index (χ3n) is 5.48. The minimum Gasteiger partial charge on any atom is -0.352 e. The van der Waals surface area contributed by atoms with Crippen LogP contribution in [-0.2, 0) is 17.9 Å². The summed E-state index contributed by atoms with van der Waals surface area (Å²) in [4.78, 5) is 35.5. The topological polar surface area (TPSA) is 113 Å². The molecule has 4 aromatic rings. The molecule has 0 aliphatic heterocycles. The van der Waals surface area contributed by atoms with Gasteiger partial charge in [-0.1, -0.05) is 23.7 Å². The van der Waals surface area contributed by atoms with Gasteiger partial charge in [0.15, 0.2) is 5.65 Å². The second-order valence-electron chi connectivity index (χ2n) is 8.72. The number of nitrogens with zero attached hydrogens (tertiary/aromatic N) is 4. The first-order valence-electron chi connectivity index (χ1n) is 11.4. The molecule has 0 unspecified atom stereocenters. The Hall–Kier alpha value is -4.06. The summed E-state index contributed by atoms with van der Waals surface area (Å²) < 4.78 is 1.33. The van der Waals surface area contributed by atoms with Gasteiger partial charge in [0.25, 0.3) is 5.56 Å². The molecule has 2 aromatic heterocycles. The molecule has 182 valence electrons. The molecule has 0 bridgehead atoms. The number of hydrogen-bond donors (Lipinski definition) is 2. The van der Waals surface area contributed by atoms with Crippen LogP contribution in [0.15, 0.2) is 59.5 Å². The molecule has 4 rings (SSSR count). The highest BCUT2D eigenvalue weighted by molar-refractivity contribution is 6.31. The van der Waals surface area contributed by atoms with E-state index in [0.29, 0.717) is 28.3 Å². The van der Waals surface area contributed by atoms with E-state index in [9.17, 15) is 14.9 Å². The fourth-order valence-corrected chi connectivity index (χ4v) is 4.25. The van der Waals surface area contributed by atoms with E-state index in [1.54, 1.807) is 36.5 Å². The van der Waals surface area contributed by atoms with Crippen LogP contribution >= 0.6 is 11.6 Å². The number of carbonyl (C=O) groups excluding carboxylic acids is 1. The minimum atomic E-state index is -0.400. The van der Waals surface area contributed by atoms with Crippen LogP contribution in [-0.4, -0.2) is 33.5 Å². The second-order valence-corrected chi connectivity index (χ2v) is 9.15. The largest absolute Gasteiger partial charge is 0.352 e. The first kappa shape index (κ1) is 25.0. The van der Waals surface area contributed by atoms with Gasteiger partial charge in [-0.05, 0) is 68.4 Å². The zero-order valence-electron chi connectivity index (χ0n) is 20.2. The van der Waals surface area contributed by atoms with Crippen molar-refractivity contribution >= 4 is 28.5 Å². The van der Waals surface area contributed by atoms with Crippen molar-refractivity contribution in [3.8, 4) is 28.6 Å². The van der Waals surface area contributed by atoms with Crippen LogP contribution in [0.1, 0.15) is 25.0 Å². The van der Waals surface area contributed by atoms with Crippen LogP contribution in [0.2, 0.25) is 5.02 Å². The standard InChI is InChI=1S/C27H25ClN6O2/c1-16(2)32-24(35)15-34-26(19-6-4-5-17(7-19)12-29)33-25-23(27(34)36)11-21(14-31-25)20-8-18(13-30-3)9-22(28)10-20/h4-11,14,16,30H,13,15H2,1-3H3,(H,32,35). The zero-order valence-corrected chi connectivity index (χ0v) is 20.9. The Bertz CT molecular complexity index is 1550. The summed E-state index contributed by atoms with van der Waals surface area (Å²) >= 11 is 6.33. The molecule has 0 fully saturated rings. The zero-order chi connectivity index (χ0) is 25.8. The lowest BCUT2D eigenvalue weighted by Crippen LogP contribution is -2.37. The van der Waals surface area contributed by atoms with Crippen molar-refractivity contribution in [2.45, 2.75) is 33.0 Å². The number of halogens is 1. The van der Waals surface area contributed by atoms with Gasteiger partial charge in [-0.15, -0.1) is 0 Å². The van der Waals surface area contributed by atoms with Gasteiger partial charge in [0.2, 0.25) is 5.91 Å². The molecule has 0 spiro atoms. The van der Waals surface area contributed by atoms with E-state index in [-0.39, 0.29) is 35.4 Å². The molecule has 0 atom stereocenters. The number of aromatic nitrogens is 3. The quantitative estimate of drug-likeness (QED) is 0.398. The first-order valence-corrected chi connectivity index (χ1v) is 11.8. The number of fused-ring (bicyclic) bond motifs is 1. The van der Waals surface area contributed by atoms with Gasteiger partial charge in [0.05, 0.1) is 17.0 Å². The SMILES string of the molecule is CNCc1cc(Cl)cc(-c2cnc3nc(-c4cccc(C#N)c4)n(CC(=O)NC(C)C)c(=O)c3c2)c1. The minimum absolute atomic E-state index is 0.0881. The predicted molar refractivity (Wildman–Crippen MR) is 140 cm³/mol. The Kier molecular flexibility index (Phi) is 7.44. The maximum Gasteiger partial charge on any atom is 0.263 e. The van der Waals surface area contributed by atoms with Crippen molar-refractivity contribution in [3.63, 3.8) is 0 Å². The maximum absolute atomic E-state index is 13.7. The highest BCUT2D eigenvalue weighted by atomic mass is 35.5. The van der Waals surface area contributed by atoms with Gasteiger partial charge in [-0.2, -0.15) is 5.26 Å². The molecule has 9 heteroatoms. The lowest BCUT2D eigenvalue weighted by molar-refractivity contribution is -0.122. The highest BCUT2D eigenvalue weighted by Gasteiger charge is 2.18. The van der Waals surface area contributed by atoms with Crippen molar-refractivity contribution in [3.05, 3.63) is 81.2 Å². The lowest BCUT2D eigenvalue weighted by Gasteiger charge is -2.15. The summed E-state index contributed by atoms with van der Waals surface area (Å²) in [7, 11) is 1.85. The molecule has 0 saturated heterocycles. The summed E-state index contributed by atoms with van der Waals surface area (Å²) in [6.07, 6.45) is 1.65. The Morgan fingerprint density at radius 2 is 1.94 bits per heavy atom. The Morgan fingerprint density at radius 1 is 1.14 bits per heavy atom. The molecule has 0 aliphatic rings. The van der Waals surface area contributed by atoms with Crippen molar-refractivity contribution in [1.82, 2.24) is 25.2 Å². The van der Waals surface area contributed by atoms with Crippen molar-refractivity contribution in [2.24, 2.45) is 0 Å². The number of nitrogens with one attached hydrogen (secondary N) is 2. The van der Waals surface area contributed by atoms with E-state index >= 15 is 0 Å². The van der Waals surface area contributed by atoms with Crippen LogP contribution < -0.4 is 16.2 Å². The summed E-state index contributed by atoms with van der Waals surface area (Å²) in [5, 5.41) is 16.1. The van der Waals surface area contributed by atoms with E-state index in [1.807, 2.05) is 39.1 Å². The molecule has 0 radical (unpaired) electrons. The number of pyridine rings is 1. The molecule has 36 heavy (non-hydrogen) atoms. The average molecular weight is 501 g/mol. The number of benzene rings is 2. The molecular weight excluding hydrogens is 476 g/mol. The lowest BCUT2D eigenvalue weighted by atomic mass is 10.0. The van der Waals surface area contributed by atoms with E-state index in [0.717, 1.165) is 11.1 Å². The van der Waals surface area contributed by atoms with E-state index in [1.165, 1.54) is 4.57 Å². The number of nitriles is 1. The molecule has 0 saturated carbocycles. The predicted octanol–water partition coefficient (Wildman–Crippen LogP) is 3.89. The van der Waals surface area contributed by atoms with Gasteiger partial charge in [-0.25, -0.2) is 9.97 Å². The van der Waals surface area contributed by atoms with Gasteiger partial charge < -0.3 is 10.6 Å². The van der Waals surface area contributed by atoms with Crippen LogP contribution in [0.5, 0.6) is 0 Å². The fraction of sp³-hybridized carbons (Fsp3) is 0.222. The molecule has 0 aliphatic carbocycles. The Labute approximate surface area is 213 Å². The Balaban J connectivity index is 1.91. The number of hydrogen-bond acceptors (Lipinski definition) is 6. The van der Waals surface area contributed by atoms with Crippen molar-refractivity contribution < 1.29 is 4.79 Å². The molecule has 1 amide bonds. The summed E-state index contributed by atoms with van der Waals surface area (Å²) in [6, 6.07) is 16.1. The van der Waals surface area contributed by atoms with E-state index in [2.05, 4.69) is 26.7 Å². The van der Waals surface area contributed by atoms with Gasteiger partial charge in [-0.3, -0.25) is 14.2 Å². The molecule has 2 heterocycles. The van der Waals surface area contributed by atoms with Crippen LogP contribution in [0.25, 0.3) is 33.5 Å². The molecule has 8 nitrogen and oxygen atoms in total. The highest BCUT2D eigenvalue weighted by Crippen LogP contribution is 2.27. The molecular formula is C27H25ClN6O2. The number of rotatable bonds is 7. The van der Waals surface area contributed by atoms with Crippen LogP contribution in [0.3, 0.4) is 0 Å². The van der Waals surface area contributed by atoms with Gasteiger partial charge in [0.1, 0.15) is 12.4 Å². The van der Waals surface area contributed by atoms with Crippen LogP contribution in [0.4, 0.5) is 0 Å². The average Bonchev–Trinajstić information content (AvgIpc) is 2.85. The first-order chi connectivity index (χ1) is 17.3. The number of carbonyl (C=O) groups is 1. The number of amides is 1. The van der Waals surface area contributed by atoms with Gasteiger partial charge >= 0.3 is 0 Å². The van der Waals surface area contributed by atoms with Crippen LogP contribution in [0, 0.1) is 11.3 Å². The molecule has 2 aromatic carbocycles. The van der Waals surface area contributed by atoms with Gasteiger partial charge in [0, 0.05) is 34.9 Å². The normalized spacial score (nSPS) is 11.0. The van der Waals surface area contributed by atoms with Crippen molar-refractivity contribution in [2.75, 3.05) is 7.05 Å². The molecule has 2 N–H and O–H groups in total. The second kappa shape index (κ2) is 10.7. The summed E-state index contributed by atoms with van der Waals surface area (Å²) in [6.45, 7) is 4.11. The smallest absolute Gasteiger partial charge is 0.263 e. The van der Waals surface area contributed by atoms with Crippen molar-refractivity contribution in [1.29, 1.82) is 5.26 Å². The fourth-order valence-electron chi connectivity index (χ4n) is 3.99. The third kappa shape index (κ3) is 5.43. The summed E-state index contributed by atoms with van der Waals surface area (Å²) in [5.74, 6) is -0.0515. The Morgan fingerprint density at radius 3 is 2.67 bits per heavy atom. The maximum atomic E-state index is 13.7. The monoisotopic (exact) mass is 500 g/mol.